The standard InChI is InChI=1S/C14H15NO3/c1-9(16)15-13(14(17)18)8-11-7-6-10-4-2-3-5-12(10)11/h2-5,7,13H,6,8H2,1H3,(H,15,16)(H,17,18)/t13-/m0/s1. The number of rotatable bonds is 4. The monoisotopic (exact) mass is 245 g/mol. The van der Waals surface area contributed by atoms with E-state index in [-0.39, 0.29) is 5.91 Å². The van der Waals surface area contributed by atoms with Crippen LogP contribution in [0.5, 0.6) is 0 Å². The average Bonchev–Trinajstić information content (AvgIpc) is 2.71. The van der Waals surface area contributed by atoms with Crippen LogP contribution in [0.4, 0.5) is 0 Å². The van der Waals surface area contributed by atoms with E-state index in [1.807, 2.05) is 30.3 Å². The summed E-state index contributed by atoms with van der Waals surface area (Å²) in [7, 11) is 0. The fourth-order valence-corrected chi connectivity index (χ4v) is 2.21. The van der Waals surface area contributed by atoms with Gasteiger partial charge in [-0.1, -0.05) is 30.3 Å². The molecule has 0 saturated carbocycles. The van der Waals surface area contributed by atoms with Crippen molar-refractivity contribution in [2.24, 2.45) is 0 Å². The van der Waals surface area contributed by atoms with E-state index in [0.29, 0.717) is 6.42 Å². The van der Waals surface area contributed by atoms with Crippen LogP contribution >= 0.6 is 0 Å². The van der Waals surface area contributed by atoms with Crippen LogP contribution in [0.1, 0.15) is 24.5 Å². The molecule has 2 rings (SSSR count). The van der Waals surface area contributed by atoms with Gasteiger partial charge in [0.25, 0.3) is 0 Å². The first-order valence-electron chi connectivity index (χ1n) is 5.85. The third kappa shape index (κ3) is 2.59. The molecule has 0 spiro atoms. The molecule has 0 radical (unpaired) electrons. The van der Waals surface area contributed by atoms with Crippen molar-refractivity contribution in [3.63, 3.8) is 0 Å². The molecule has 0 fully saturated rings. The van der Waals surface area contributed by atoms with Crippen LogP contribution in [0.2, 0.25) is 0 Å². The SMILES string of the molecule is CC(=O)N[C@@H](CC1=CCc2ccccc21)C(=O)O. The minimum Gasteiger partial charge on any atom is -0.480 e. The molecule has 0 aliphatic heterocycles. The summed E-state index contributed by atoms with van der Waals surface area (Å²) in [5, 5.41) is 11.5. The predicted octanol–water partition coefficient (Wildman–Crippen LogP) is 1.61. The van der Waals surface area contributed by atoms with Crippen molar-refractivity contribution in [2.75, 3.05) is 0 Å². The van der Waals surface area contributed by atoms with Gasteiger partial charge in [-0.15, -0.1) is 0 Å². The average molecular weight is 245 g/mol. The van der Waals surface area contributed by atoms with Crippen molar-refractivity contribution in [2.45, 2.75) is 25.8 Å². The normalized spacial score (nSPS) is 14.6. The van der Waals surface area contributed by atoms with Crippen molar-refractivity contribution in [1.82, 2.24) is 5.32 Å². The van der Waals surface area contributed by atoms with Crippen LogP contribution < -0.4 is 5.32 Å². The highest BCUT2D eigenvalue weighted by Crippen LogP contribution is 2.30. The number of carboxylic acid groups (broad SMARTS) is 1. The van der Waals surface area contributed by atoms with Gasteiger partial charge in [0, 0.05) is 13.3 Å². The quantitative estimate of drug-likeness (QED) is 0.846. The van der Waals surface area contributed by atoms with Gasteiger partial charge < -0.3 is 10.4 Å². The highest BCUT2D eigenvalue weighted by Gasteiger charge is 2.23. The van der Waals surface area contributed by atoms with E-state index < -0.39 is 12.0 Å². The lowest BCUT2D eigenvalue weighted by Crippen LogP contribution is -2.39. The van der Waals surface area contributed by atoms with Gasteiger partial charge in [-0.2, -0.15) is 0 Å². The van der Waals surface area contributed by atoms with E-state index in [2.05, 4.69) is 5.32 Å². The molecule has 1 aliphatic rings. The van der Waals surface area contributed by atoms with Crippen molar-refractivity contribution in [3.8, 4) is 0 Å². The van der Waals surface area contributed by atoms with Crippen molar-refractivity contribution < 1.29 is 14.7 Å². The van der Waals surface area contributed by atoms with Crippen LogP contribution in [0.15, 0.2) is 30.3 Å². The van der Waals surface area contributed by atoms with Crippen LogP contribution in [0.25, 0.3) is 5.57 Å². The zero-order valence-electron chi connectivity index (χ0n) is 10.1. The molecule has 4 heteroatoms. The van der Waals surface area contributed by atoms with Gasteiger partial charge in [0.05, 0.1) is 0 Å². The van der Waals surface area contributed by atoms with Crippen molar-refractivity contribution in [1.29, 1.82) is 0 Å². The molecule has 0 aromatic heterocycles. The van der Waals surface area contributed by atoms with Gasteiger partial charge in [0.1, 0.15) is 6.04 Å². The summed E-state index contributed by atoms with van der Waals surface area (Å²) in [6.07, 6.45) is 3.19. The van der Waals surface area contributed by atoms with E-state index in [1.165, 1.54) is 12.5 Å². The third-order valence-electron chi connectivity index (χ3n) is 3.03. The molecule has 1 aromatic carbocycles. The summed E-state index contributed by atoms with van der Waals surface area (Å²) in [6.45, 7) is 1.33. The number of hydrogen-bond acceptors (Lipinski definition) is 2. The van der Waals surface area contributed by atoms with Crippen LogP contribution in [0, 0.1) is 0 Å². The second-order valence-electron chi connectivity index (χ2n) is 4.39. The Balaban J connectivity index is 2.14. The number of benzene rings is 1. The summed E-state index contributed by atoms with van der Waals surface area (Å²) in [4.78, 5) is 22.1. The van der Waals surface area contributed by atoms with Gasteiger partial charge in [-0.25, -0.2) is 4.79 Å². The Kier molecular flexibility index (Phi) is 3.46. The summed E-state index contributed by atoms with van der Waals surface area (Å²) in [5.74, 6) is -1.33. The second-order valence-corrected chi connectivity index (χ2v) is 4.39. The first kappa shape index (κ1) is 12.4. The zero-order chi connectivity index (χ0) is 13.1. The molecule has 18 heavy (non-hydrogen) atoms. The Labute approximate surface area is 105 Å². The fourth-order valence-electron chi connectivity index (χ4n) is 2.21. The van der Waals surface area contributed by atoms with E-state index >= 15 is 0 Å². The highest BCUT2D eigenvalue weighted by molar-refractivity contribution is 5.85. The Bertz CT molecular complexity index is 520. The smallest absolute Gasteiger partial charge is 0.326 e. The zero-order valence-corrected chi connectivity index (χ0v) is 10.1. The van der Waals surface area contributed by atoms with Gasteiger partial charge >= 0.3 is 5.97 Å². The number of hydrogen-bond donors (Lipinski definition) is 2. The summed E-state index contributed by atoms with van der Waals surface area (Å²) >= 11 is 0. The Hall–Kier alpha value is -2.10. The minimum absolute atomic E-state index is 0.325. The molecule has 4 nitrogen and oxygen atoms in total. The maximum atomic E-state index is 11.1. The van der Waals surface area contributed by atoms with E-state index in [4.69, 9.17) is 5.11 Å². The lowest BCUT2D eigenvalue weighted by Gasteiger charge is -2.14. The number of amides is 1. The van der Waals surface area contributed by atoms with Gasteiger partial charge in [0.15, 0.2) is 0 Å². The Morgan fingerprint density at radius 1 is 1.39 bits per heavy atom. The lowest BCUT2D eigenvalue weighted by atomic mass is 10.00. The molecule has 1 amide bonds. The predicted molar refractivity (Wildman–Crippen MR) is 68.0 cm³/mol. The number of allylic oxidation sites excluding steroid dienone is 1. The number of aliphatic carboxylic acids is 1. The molecule has 0 bridgehead atoms. The molecule has 1 aliphatic carbocycles. The largest absolute Gasteiger partial charge is 0.480 e. The maximum absolute atomic E-state index is 11.1. The fraction of sp³-hybridized carbons (Fsp3) is 0.286. The molecule has 0 saturated heterocycles. The van der Waals surface area contributed by atoms with Crippen LogP contribution in [0.3, 0.4) is 0 Å². The number of carbonyl (C=O) groups excluding carboxylic acids is 1. The maximum Gasteiger partial charge on any atom is 0.326 e. The van der Waals surface area contributed by atoms with E-state index in [9.17, 15) is 9.59 Å². The molecule has 1 aromatic rings. The summed E-state index contributed by atoms with van der Waals surface area (Å²) < 4.78 is 0. The van der Waals surface area contributed by atoms with Crippen LogP contribution in [-0.4, -0.2) is 23.0 Å². The number of nitrogens with one attached hydrogen (secondary N) is 1. The van der Waals surface area contributed by atoms with Gasteiger partial charge in [-0.3, -0.25) is 4.79 Å². The third-order valence-corrected chi connectivity index (χ3v) is 3.03. The van der Waals surface area contributed by atoms with Gasteiger partial charge in [-0.05, 0) is 23.1 Å². The molecule has 0 unspecified atom stereocenters. The summed E-state index contributed by atoms with van der Waals surface area (Å²) in [6, 6.07) is 7.07. The molecule has 0 heterocycles. The topological polar surface area (TPSA) is 66.4 Å². The molecular formula is C14H15NO3. The molecule has 1 atom stereocenters. The first-order valence-corrected chi connectivity index (χ1v) is 5.85. The van der Waals surface area contributed by atoms with E-state index in [0.717, 1.165) is 17.6 Å². The lowest BCUT2D eigenvalue weighted by molar-refractivity contribution is -0.141. The molecule has 2 N–H and O–H groups in total. The van der Waals surface area contributed by atoms with E-state index in [1.54, 1.807) is 0 Å². The number of fused-ring (bicyclic) bond motifs is 1. The van der Waals surface area contributed by atoms with Crippen molar-refractivity contribution >= 4 is 17.4 Å². The molecule has 94 valence electrons. The van der Waals surface area contributed by atoms with Gasteiger partial charge in [0.2, 0.25) is 5.91 Å². The first-order chi connectivity index (χ1) is 8.58. The summed E-state index contributed by atoms with van der Waals surface area (Å²) in [5.41, 5.74) is 3.29. The molecular weight excluding hydrogens is 230 g/mol. The highest BCUT2D eigenvalue weighted by atomic mass is 16.4. The minimum atomic E-state index is -1.00. The second kappa shape index (κ2) is 5.04. The Morgan fingerprint density at radius 3 is 2.78 bits per heavy atom. The Morgan fingerprint density at radius 2 is 2.11 bits per heavy atom. The van der Waals surface area contributed by atoms with Crippen LogP contribution in [-0.2, 0) is 16.0 Å². The number of carbonyl (C=O) groups is 2. The number of carboxylic acids is 1. The van der Waals surface area contributed by atoms with Crippen molar-refractivity contribution in [3.05, 3.63) is 41.5 Å².